The van der Waals surface area contributed by atoms with E-state index in [1.807, 2.05) is 0 Å². The van der Waals surface area contributed by atoms with Gasteiger partial charge in [0.25, 0.3) is 0 Å². The van der Waals surface area contributed by atoms with Crippen molar-refractivity contribution in [3.8, 4) is 5.75 Å². The minimum absolute atomic E-state index is 0.0642. The Morgan fingerprint density at radius 1 is 1.20 bits per heavy atom. The summed E-state index contributed by atoms with van der Waals surface area (Å²) in [5, 5.41) is 0. The largest absolute Gasteiger partial charge is 0.488 e. The number of rotatable bonds is 4. The van der Waals surface area contributed by atoms with Gasteiger partial charge in [-0.3, -0.25) is 4.79 Å². The standard InChI is InChI=1S/C15H11Br2FO2/c1-9(19)13-5-3-11(16)6-15(13)20-8-10-2-4-12(18)7-14(10)17/h2-7H,8H2,1H3. The molecule has 2 aromatic carbocycles. The quantitative estimate of drug-likeness (QED) is 0.663. The van der Waals surface area contributed by atoms with Crippen LogP contribution in [0, 0.1) is 5.82 Å². The Labute approximate surface area is 133 Å². The van der Waals surface area contributed by atoms with E-state index in [1.165, 1.54) is 19.1 Å². The summed E-state index contributed by atoms with van der Waals surface area (Å²) < 4.78 is 20.2. The highest BCUT2D eigenvalue weighted by molar-refractivity contribution is 9.10. The first-order valence-electron chi connectivity index (χ1n) is 5.84. The first kappa shape index (κ1) is 15.2. The summed E-state index contributed by atoms with van der Waals surface area (Å²) in [5.41, 5.74) is 1.33. The van der Waals surface area contributed by atoms with Gasteiger partial charge in [0.1, 0.15) is 18.2 Å². The number of carbonyl (C=O) groups excluding carboxylic acids is 1. The van der Waals surface area contributed by atoms with E-state index in [-0.39, 0.29) is 18.2 Å². The zero-order valence-electron chi connectivity index (χ0n) is 10.6. The van der Waals surface area contributed by atoms with E-state index in [4.69, 9.17) is 4.74 Å². The molecule has 0 heterocycles. The van der Waals surface area contributed by atoms with Gasteiger partial charge in [0, 0.05) is 14.5 Å². The Kier molecular flexibility index (Phi) is 4.94. The van der Waals surface area contributed by atoms with Crippen LogP contribution in [0.4, 0.5) is 4.39 Å². The topological polar surface area (TPSA) is 26.3 Å². The molecule has 0 aromatic heterocycles. The Morgan fingerprint density at radius 3 is 2.60 bits per heavy atom. The second-order valence-electron chi connectivity index (χ2n) is 4.22. The first-order chi connectivity index (χ1) is 9.47. The van der Waals surface area contributed by atoms with E-state index in [0.29, 0.717) is 15.8 Å². The first-order valence-corrected chi connectivity index (χ1v) is 7.43. The minimum atomic E-state index is -0.312. The molecule has 0 amide bonds. The molecule has 0 aliphatic rings. The maximum Gasteiger partial charge on any atom is 0.163 e. The molecular weight excluding hydrogens is 391 g/mol. The molecule has 0 aliphatic carbocycles. The average molecular weight is 402 g/mol. The predicted octanol–water partition coefficient (Wildman–Crippen LogP) is 5.13. The minimum Gasteiger partial charge on any atom is -0.488 e. The van der Waals surface area contributed by atoms with E-state index in [1.54, 1.807) is 24.3 Å². The third-order valence-corrected chi connectivity index (χ3v) is 3.95. The summed E-state index contributed by atoms with van der Waals surface area (Å²) in [6.45, 7) is 1.74. The van der Waals surface area contributed by atoms with E-state index < -0.39 is 0 Å². The molecule has 0 bridgehead atoms. The van der Waals surface area contributed by atoms with Crippen molar-refractivity contribution in [2.24, 2.45) is 0 Å². The van der Waals surface area contributed by atoms with Gasteiger partial charge in [-0.1, -0.05) is 37.9 Å². The highest BCUT2D eigenvalue weighted by Gasteiger charge is 2.10. The van der Waals surface area contributed by atoms with E-state index in [2.05, 4.69) is 31.9 Å². The Hall–Kier alpha value is -1.20. The van der Waals surface area contributed by atoms with Gasteiger partial charge in [0.2, 0.25) is 0 Å². The van der Waals surface area contributed by atoms with E-state index in [0.717, 1.165) is 10.0 Å². The van der Waals surface area contributed by atoms with Gasteiger partial charge >= 0.3 is 0 Å². The molecule has 2 rings (SSSR count). The Morgan fingerprint density at radius 2 is 1.95 bits per heavy atom. The number of hydrogen-bond acceptors (Lipinski definition) is 2. The summed E-state index contributed by atoms with van der Waals surface area (Å²) in [5.74, 6) is 0.126. The molecule has 0 radical (unpaired) electrons. The van der Waals surface area contributed by atoms with Crippen LogP contribution in [0.5, 0.6) is 5.75 Å². The predicted molar refractivity (Wildman–Crippen MR) is 82.6 cm³/mol. The average Bonchev–Trinajstić information content (AvgIpc) is 2.37. The normalized spacial score (nSPS) is 10.4. The zero-order valence-corrected chi connectivity index (χ0v) is 13.8. The van der Waals surface area contributed by atoms with E-state index in [9.17, 15) is 9.18 Å². The van der Waals surface area contributed by atoms with Crippen LogP contribution in [0.15, 0.2) is 45.3 Å². The van der Waals surface area contributed by atoms with E-state index >= 15 is 0 Å². The van der Waals surface area contributed by atoms with Crippen molar-refractivity contribution >= 4 is 37.6 Å². The van der Waals surface area contributed by atoms with Gasteiger partial charge in [-0.15, -0.1) is 0 Å². The summed E-state index contributed by atoms with van der Waals surface area (Å²) in [6.07, 6.45) is 0. The van der Waals surface area contributed by atoms with Crippen LogP contribution in [0.25, 0.3) is 0 Å². The number of carbonyl (C=O) groups is 1. The molecule has 0 fully saturated rings. The van der Waals surface area contributed by atoms with Crippen molar-refractivity contribution in [1.82, 2.24) is 0 Å². The number of halogens is 3. The van der Waals surface area contributed by atoms with Crippen molar-refractivity contribution in [3.63, 3.8) is 0 Å². The molecule has 0 aliphatic heterocycles. The van der Waals surface area contributed by atoms with Gasteiger partial charge < -0.3 is 4.74 Å². The van der Waals surface area contributed by atoms with Crippen molar-refractivity contribution in [2.75, 3.05) is 0 Å². The molecule has 0 atom stereocenters. The third-order valence-electron chi connectivity index (χ3n) is 2.72. The van der Waals surface area contributed by atoms with Crippen LogP contribution >= 0.6 is 31.9 Å². The SMILES string of the molecule is CC(=O)c1ccc(Br)cc1OCc1ccc(F)cc1Br. The molecule has 0 saturated carbocycles. The number of ether oxygens (including phenoxy) is 1. The number of hydrogen-bond donors (Lipinski definition) is 0. The smallest absolute Gasteiger partial charge is 0.163 e. The van der Waals surface area contributed by atoms with Crippen molar-refractivity contribution < 1.29 is 13.9 Å². The zero-order chi connectivity index (χ0) is 14.7. The molecular formula is C15H11Br2FO2. The van der Waals surface area contributed by atoms with Crippen LogP contribution in [0.3, 0.4) is 0 Å². The third kappa shape index (κ3) is 3.67. The fourth-order valence-electron chi connectivity index (χ4n) is 1.70. The fraction of sp³-hybridized carbons (Fsp3) is 0.133. The number of ketones is 1. The lowest BCUT2D eigenvalue weighted by Gasteiger charge is -2.11. The van der Waals surface area contributed by atoms with Gasteiger partial charge in [-0.05, 0) is 37.3 Å². The molecule has 5 heteroatoms. The summed E-state index contributed by atoms with van der Waals surface area (Å²) in [7, 11) is 0. The van der Waals surface area contributed by atoms with Crippen molar-refractivity contribution in [3.05, 3.63) is 62.3 Å². The second kappa shape index (κ2) is 6.50. The maximum absolute atomic E-state index is 13.0. The molecule has 2 aromatic rings. The van der Waals surface area contributed by atoms with Gasteiger partial charge in [-0.25, -0.2) is 4.39 Å². The lowest BCUT2D eigenvalue weighted by molar-refractivity contribution is 0.101. The Balaban J connectivity index is 2.22. The highest BCUT2D eigenvalue weighted by Crippen LogP contribution is 2.26. The Bertz CT molecular complexity index is 656. The fourth-order valence-corrected chi connectivity index (χ4v) is 2.51. The van der Waals surface area contributed by atoms with Crippen LogP contribution in [0.2, 0.25) is 0 Å². The molecule has 0 unspecified atom stereocenters. The van der Waals surface area contributed by atoms with Crippen LogP contribution in [0.1, 0.15) is 22.8 Å². The van der Waals surface area contributed by atoms with Gasteiger partial charge in [-0.2, -0.15) is 0 Å². The molecule has 2 nitrogen and oxygen atoms in total. The summed E-state index contributed by atoms with van der Waals surface area (Å²) >= 11 is 6.63. The molecule has 104 valence electrons. The van der Waals surface area contributed by atoms with Gasteiger partial charge in [0.05, 0.1) is 5.56 Å². The van der Waals surface area contributed by atoms with Crippen molar-refractivity contribution in [2.45, 2.75) is 13.5 Å². The summed E-state index contributed by atoms with van der Waals surface area (Å²) in [6, 6.07) is 9.64. The van der Waals surface area contributed by atoms with Gasteiger partial charge in [0.15, 0.2) is 5.78 Å². The molecule has 20 heavy (non-hydrogen) atoms. The number of benzene rings is 2. The maximum atomic E-state index is 13.0. The second-order valence-corrected chi connectivity index (χ2v) is 5.99. The molecule has 0 spiro atoms. The van der Waals surface area contributed by atoms with Crippen LogP contribution < -0.4 is 4.74 Å². The lowest BCUT2D eigenvalue weighted by atomic mass is 10.1. The monoisotopic (exact) mass is 400 g/mol. The van der Waals surface area contributed by atoms with Crippen LogP contribution in [-0.4, -0.2) is 5.78 Å². The lowest BCUT2D eigenvalue weighted by Crippen LogP contribution is -2.02. The molecule has 0 N–H and O–H groups in total. The summed E-state index contributed by atoms with van der Waals surface area (Å²) in [4.78, 5) is 11.5. The number of Topliss-reactive ketones (excluding diaryl/α,β-unsaturated/α-hetero) is 1. The van der Waals surface area contributed by atoms with Crippen LogP contribution in [-0.2, 0) is 6.61 Å². The van der Waals surface area contributed by atoms with Crippen molar-refractivity contribution in [1.29, 1.82) is 0 Å². The molecule has 0 saturated heterocycles. The highest BCUT2D eigenvalue weighted by atomic mass is 79.9.